The van der Waals surface area contributed by atoms with Gasteiger partial charge in [-0.2, -0.15) is 0 Å². The van der Waals surface area contributed by atoms with Gasteiger partial charge in [0.2, 0.25) is 0 Å². The predicted molar refractivity (Wildman–Crippen MR) is 58.1 cm³/mol. The molecule has 82 valence electrons. The molecule has 0 atom stereocenters. The number of aryl methyl sites for hydroxylation is 1. The number of carboxylic acid groups (broad SMARTS) is 1. The van der Waals surface area contributed by atoms with Crippen LogP contribution in [-0.2, 0) is 6.54 Å². The molecule has 0 fully saturated rings. The van der Waals surface area contributed by atoms with E-state index in [4.69, 9.17) is 5.11 Å². The molecule has 1 aromatic heterocycles. The fourth-order valence-electron chi connectivity index (χ4n) is 1.56. The van der Waals surface area contributed by atoms with E-state index in [0.29, 0.717) is 17.9 Å². The molecule has 0 spiro atoms. The maximum Gasteiger partial charge on any atom is 0.336 e. The van der Waals surface area contributed by atoms with Crippen LogP contribution < -0.4 is 0 Å². The monoisotopic (exact) mass is 217 g/mol. The maximum atomic E-state index is 11.1. The van der Waals surface area contributed by atoms with Crippen molar-refractivity contribution in [3.63, 3.8) is 0 Å². The van der Waals surface area contributed by atoms with E-state index in [2.05, 4.69) is 10.2 Å². The Hall–Kier alpha value is -2.17. The minimum atomic E-state index is -0.957. The Labute approximate surface area is 92.4 Å². The highest BCUT2D eigenvalue weighted by Gasteiger charge is 2.14. The van der Waals surface area contributed by atoms with Crippen molar-refractivity contribution in [2.45, 2.75) is 13.5 Å². The van der Waals surface area contributed by atoms with Gasteiger partial charge < -0.3 is 9.67 Å². The van der Waals surface area contributed by atoms with Crippen LogP contribution in [0.1, 0.15) is 17.3 Å². The Kier molecular flexibility index (Phi) is 2.68. The summed E-state index contributed by atoms with van der Waals surface area (Å²) >= 11 is 0. The lowest BCUT2D eigenvalue weighted by Crippen LogP contribution is -2.03. The van der Waals surface area contributed by atoms with Gasteiger partial charge >= 0.3 is 5.97 Å². The number of carbonyl (C=O) groups is 1. The summed E-state index contributed by atoms with van der Waals surface area (Å²) in [7, 11) is 0. The largest absolute Gasteiger partial charge is 0.478 e. The Morgan fingerprint density at radius 3 is 2.88 bits per heavy atom. The molecule has 5 heteroatoms. The third kappa shape index (κ3) is 1.67. The molecule has 0 saturated carbocycles. The van der Waals surface area contributed by atoms with Crippen molar-refractivity contribution in [3.05, 3.63) is 36.2 Å². The SMILES string of the molecule is CCn1cnnc1-c1ccccc1C(=O)O. The molecule has 2 rings (SSSR count). The van der Waals surface area contributed by atoms with Crippen LogP contribution in [0, 0.1) is 0 Å². The van der Waals surface area contributed by atoms with E-state index in [1.54, 1.807) is 30.6 Å². The van der Waals surface area contributed by atoms with Crippen LogP contribution >= 0.6 is 0 Å². The minimum absolute atomic E-state index is 0.241. The van der Waals surface area contributed by atoms with Gasteiger partial charge in [0.1, 0.15) is 6.33 Å². The topological polar surface area (TPSA) is 68.0 Å². The van der Waals surface area contributed by atoms with E-state index in [1.165, 1.54) is 0 Å². The van der Waals surface area contributed by atoms with E-state index in [-0.39, 0.29) is 5.56 Å². The molecule has 2 aromatic rings. The lowest BCUT2D eigenvalue weighted by atomic mass is 10.1. The quantitative estimate of drug-likeness (QED) is 0.849. The summed E-state index contributed by atoms with van der Waals surface area (Å²) in [5.41, 5.74) is 0.833. The maximum absolute atomic E-state index is 11.1. The fraction of sp³-hybridized carbons (Fsp3) is 0.182. The molecule has 0 saturated heterocycles. The van der Waals surface area contributed by atoms with Gasteiger partial charge in [-0.1, -0.05) is 18.2 Å². The zero-order valence-corrected chi connectivity index (χ0v) is 8.79. The van der Waals surface area contributed by atoms with Crippen LogP contribution in [0.15, 0.2) is 30.6 Å². The Bertz CT molecular complexity index is 519. The first-order chi connectivity index (χ1) is 7.74. The van der Waals surface area contributed by atoms with Gasteiger partial charge in [0, 0.05) is 12.1 Å². The highest BCUT2D eigenvalue weighted by atomic mass is 16.4. The number of nitrogens with zero attached hydrogens (tertiary/aromatic N) is 3. The van der Waals surface area contributed by atoms with Crippen molar-refractivity contribution < 1.29 is 9.90 Å². The summed E-state index contributed by atoms with van der Waals surface area (Å²) in [6.45, 7) is 2.66. The van der Waals surface area contributed by atoms with Crippen molar-refractivity contribution in [2.24, 2.45) is 0 Å². The molecule has 0 aliphatic heterocycles. The van der Waals surface area contributed by atoms with Gasteiger partial charge in [0.05, 0.1) is 5.56 Å². The first-order valence-corrected chi connectivity index (χ1v) is 4.94. The van der Waals surface area contributed by atoms with Crippen molar-refractivity contribution >= 4 is 5.97 Å². The molecule has 0 aliphatic rings. The highest BCUT2D eigenvalue weighted by molar-refractivity contribution is 5.94. The van der Waals surface area contributed by atoms with E-state index in [9.17, 15) is 4.79 Å². The molecular formula is C11H11N3O2. The number of aromatic carboxylic acids is 1. The van der Waals surface area contributed by atoms with Gasteiger partial charge in [-0.15, -0.1) is 10.2 Å². The van der Waals surface area contributed by atoms with E-state index >= 15 is 0 Å². The van der Waals surface area contributed by atoms with Gasteiger partial charge in [0.15, 0.2) is 5.82 Å². The van der Waals surface area contributed by atoms with Crippen molar-refractivity contribution in [1.82, 2.24) is 14.8 Å². The van der Waals surface area contributed by atoms with Gasteiger partial charge in [0.25, 0.3) is 0 Å². The molecule has 5 nitrogen and oxygen atoms in total. The first-order valence-electron chi connectivity index (χ1n) is 4.94. The van der Waals surface area contributed by atoms with E-state index in [0.717, 1.165) is 0 Å². The number of rotatable bonds is 3. The second-order valence-electron chi connectivity index (χ2n) is 3.29. The van der Waals surface area contributed by atoms with Crippen LogP contribution in [0.25, 0.3) is 11.4 Å². The average molecular weight is 217 g/mol. The lowest BCUT2D eigenvalue weighted by Gasteiger charge is -2.06. The molecule has 0 aliphatic carbocycles. The molecule has 16 heavy (non-hydrogen) atoms. The molecule has 0 bridgehead atoms. The van der Waals surface area contributed by atoms with Crippen molar-refractivity contribution in [2.75, 3.05) is 0 Å². The van der Waals surface area contributed by atoms with Crippen molar-refractivity contribution in [1.29, 1.82) is 0 Å². The summed E-state index contributed by atoms with van der Waals surface area (Å²) in [5, 5.41) is 16.8. The fourth-order valence-corrected chi connectivity index (χ4v) is 1.56. The number of aromatic nitrogens is 3. The van der Waals surface area contributed by atoms with Crippen LogP contribution in [0.5, 0.6) is 0 Å². The molecule has 1 N–H and O–H groups in total. The molecule has 1 aromatic carbocycles. The molecule has 0 amide bonds. The summed E-state index contributed by atoms with van der Waals surface area (Å²) in [6, 6.07) is 6.78. The summed E-state index contributed by atoms with van der Waals surface area (Å²) < 4.78 is 1.81. The molecule has 1 heterocycles. The smallest absolute Gasteiger partial charge is 0.336 e. The second kappa shape index (κ2) is 4.14. The van der Waals surface area contributed by atoms with Crippen molar-refractivity contribution in [3.8, 4) is 11.4 Å². The van der Waals surface area contributed by atoms with Gasteiger partial charge in [-0.05, 0) is 13.0 Å². The molecule has 0 unspecified atom stereocenters. The Morgan fingerprint density at radius 1 is 1.44 bits per heavy atom. The van der Waals surface area contributed by atoms with E-state index in [1.807, 2.05) is 11.5 Å². The third-order valence-electron chi connectivity index (χ3n) is 2.35. The standard InChI is InChI=1S/C11H11N3O2/c1-2-14-7-12-13-10(14)8-5-3-4-6-9(8)11(15)16/h3-7H,2H2,1H3,(H,15,16). The summed E-state index contributed by atoms with van der Waals surface area (Å²) in [4.78, 5) is 11.1. The third-order valence-corrected chi connectivity index (χ3v) is 2.35. The first kappa shape index (κ1) is 10.4. The number of hydrogen-bond donors (Lipinski definition) is 1. The van der Waals surface area contributed by atoms with Crippen LogP contribution in [0.2, 0.25) is 0 Å². The van der Waals surface area contributed by atoms with Crippen LogP contribution in [-0.4, -0.2) is 25.8 Å². The molecular weight excluding hydrogens is 206 g/mol. The Balaban J connectivity index is 2.60. The number of carboxylic acids is 1. The van der Waals surface area contributed by atoms with Crippen LogP contribution in [0.4, 0.5) is 0 Å². The summed E-state index contributed by atoms with van der Waals surface area (Å²) in [5.74, 6) is -0.373. The normalized spacial score (nSPS) is 10.3. The molecule has 0 radical (unpaired) electrons. The Morgan fingerprint density at radius 2 is 2.19 bits per heavy atom. The summed E-state index contributed by atoms with van der Waals surface area (Å²) in [6.07, 6.45) is 1.59. The highest BCUT2D eigenvalue weighted by Crippen LogP contribution is 2.21. The zero-order chi connectivity index (χ0) is 11.5. The van der Waals surface area contributed by atoms with Gasteiger partial charge in [-0.25, -0.2) is 4.79 Å². The zero-order valence-electron chi connectivity index (χ0n) is 8.79. The number of benzene rings is 1. The minimum Gasteiger partial charge on any atom is -0.478 e. The van der Waals surface area contributed by atoms with Crippen LogP contribution in [0.3, 0.4) is 0 Å². The van der Waals surface area contributed by atoms with Gasteiger partial charge in [-0.3, -0.25) is 0 Å². The lowest BCUT2D eigenvalue weighted by molar-refractivity contribution is 0.0697. The second-order valence-corrected chi connectivity index (χ2v) is 3.29. The predicted octanol–water partition coefficient (Wildman–Crippen LogP) is 1.66. The van der Waals surface area contributed by atoms with E-state index < -0.39 is 5.97 Å². The average Bonchev–Trinajstić information content (AvgIpc) is 2.76. The number of hydrogen-bond acceptors (Lipinski definition) is 3.